The van der Waals surface area contributed by atoms with Gasteiger partial charge in [0.05, 0.1) is 11.3 Å². The number of carbonyl (C=O) groups excluding carboxylic acids is 2. The van der Waals surface area contributed by atoms with Crippen LogP contribution >= 0.6 is 0 Å². The molecule has 3 rings (SSSR count). The van der Waals surface area contributed by atoms with Crippen molar-refractivity contribution in [1.29, 1.82) is 0 Å². The monoisotopic (exact) mass is 380 g/mol. The Kier molecular flexibility index (Phi) is 6.34. The van der Waals surface area contributed by atoms with Crippen molar-refractivity contribution < 1.29 is 14.3 Å². The lowest BCUT2D eigenvalue weighted by Crippen LogP contribution is -2.38. The molecule has 0 spiro atoms. The van der Waals surface area contributed by atoms with Gasteiger partial charge in [0.2, 0.25) is 0 Å². The highest BCUT2D eigenvalue weighted by Gasteiger charge is 2.23. The number of benzene rings is 2. The molecule has 2 amide bonds. The number of aryl methyl sites for hydroxylation is 2. The Hall–Kier alpha value is -2.82. The molecule has 0 bridgehead atoms. The molecule has 1 saturated heterocycles. The van der Waals surface area contributed by atoms with Crippen LogP contribution in [0.1, 0.15) is 41.3 Å². The van der Waals surface area contributed by atoms with Crippen LogP contribution in [-0.2, 0) is 4.79 Å². The largest absolute Gasteiger partial charge is 0.483 e. The molecule has 0 aliphatic carbocycles. The summed E-state index contributed by atoms with van der Waals surface area (Å²) in [4.78, 5) is 27.2. The maximum atomic E-state index is 12.9. The van der Waals surface area contributed by atoms with E-state index in [0.717, 1.165) is 37.1 Å². The Morgan fingerprint density at radius 2 is 1.82 bits per heavy atom. The first-order chi connectivity index (χ1) is 13.4. The number of nitrogens with one attached hydrogen (secondary N) is 1. The Morgan fingerprint density at radius 1 is 1.11 bits per heavy atom. The second kappa shape index (κ2) is 8.91. The summed E-state index contributed by atoms with van der Waals surface area (Å²) in [5.41, 5.74) is 3.19. The first-order valence-electron chi connectivity index (χ1n) is 9.82. The molecule has 1 aliphatic heterocycles. The van der Waals surface area contributed by atoms with E-state index in [9.17, 15) is 9.59 Å². The van der Waals surface area contributed by atoms with Gasteiger partial charge in [0.25, 0.3) is 11.8 Å². The van der Waals surface area contributed by atoms with E-state index in [2.05, 4.69) is 12.2 Å². The van der Waals surface area contributed by atoms with Crippen molar-refractivity contribution in [2.45, 2.75) is 33.6 Å². The lowest BCUT2D eigenvalue weighted by atomic mass is 9.98. The number of carbonyl (C=O) groups is 2. The normalized spacial score (nSPS) is 14.6. The van der Waals surface area contributed by atoms with Crippen LogP contribution < -0.4 is 10.1 Å². The zero-order chi connectivity index (χ0) is 20.1. The number of ether oxygens (including phenoxy) is 1. The minimum absolute atomic E-state index is 0.0295. The number of hydrogen-bond acceptors (Lipinski definition) is 3. The van der Waals surface area contributed by atoms with Crippen molar-refractivity contribution in [2.75, 3.05) is 25.0 Å². The third-order valence-corrected chi connectivity index (χ3v) is 5.19. The van der Waals surface area contributed by atoms with Crippen molar-refractivity contribution in [1.82, 2.24) is 4.90 Å². The van der Waals surface area contributed by atoms with E-state index < -0.39 is 0 Å². The highest BCUT2D eigenvalue weighted by atomic mass is 16.5. The van der Waals surface area contributed by atoms with Crippen molar-refractivity contribution in [3.63, 3.8) is 0 Å². The number of piperidine rings is 1. The average molecular weight is 380 g/mol. The number of anilines is 1. The van der Waals surface area contributed by atoms with Gasteiger partial charge >= 0.3 is 0 Å². The molecule has 5 heteroatoms. The van der Waals surface area contributed by atoms with Crippen LogP contribution in [0.15, 0.2) is 42.5 Å². The van der Waals surface area contributed by atoms with Crippen LogP contribution in [0.2, 0.25) is 0 Å². The molecular weight excluding hydrogens is 352 g/mol. The first-order valence-corrected chi connectivity index (χ1v) is 9.82. The Balaban J connectivity index is 1.64. The molecule has 1 heterocycles. The van der Waals surface area contributed by atoms with Gasteiger partial charge in [0.1, 0.15) is 5.75 Å². The molecule has 0 saturated carbocycles. The molecule has 148 valence electrons. The molecule has 0 atom stereocenters. The summed E-state index contributed by atoms with van der Waals surface area (Å²) in [5, 5.41) is 2.83. The zero-order valence-electron chi connectivity index (χ0n) is 16.8. The molecule has 1 fully saturated rings. The van der Waals surface area contributed by atoms with E-state index in [1.165, 1.54) is 0 Å². The van der Waals surface area contributed by atoms with Gasteiger partial charge in [-0.05, 0) is 56.4 Å². The fourth-order valence-corrected chi connectivity index (χ4v) is 3.45. The lowest BCUT2D eigenvalue weighted by Gasteiger charge is -2.30. The predicted molar refractivity (Wildman–Crippen MR) is 111 cm³/mol. The van der Waals surface area contributed by atoms with E-state index in [0.29, 0.717) is 22.9 Å². The van der Waals surface area contributed by atoms with Gasteiger partial charge < -0.3 is 15.0 Å². The Bertz CT molecular complexity index is 855. The maximum absolute atomic E-state index is 12.9. The van der Waals surface area contributed by atoms with Gasteiger partial charge in [-0.1, -0.05) is 36.8 Å². The fraction of sp³-hybridized carbons (Fsp3) is 0.391. The summed E-state index contributed by atoms with van der Waals surface area (Å²) in [6, 6.07) is 13.0. The Morgan fingerprint density at radius 3 is 2.54 bits per heavy atom. The predicted octanol–water partition coefficient (Wildman–Crippen LogP) is 4.19. The van der Waals surface area contributed by atoms with Crippen LogP contribution in [0.3, 0.4) is 0 Å². The summed E-state index contributed by atoms with van der Waals surface area (Å²) in [5.74, 6) is 1.03. The molecular formula is C23H28N2O3. The van der Waals surface area contributed by atoms with Gasteiger partial charge in [-0.3, -0.25) is 9.59 Å². The van der Waals surface area contributed by atoms with Crippen LogP contribution in [0.5, 0.6) is 5.75 Å². The molecule has 5 nitrogen and oxygen atoms in total. The van der Waals surface area contributed by atoms with Crippen LogP contribution in [0.4, 0.5) is 5.69 Å². The summed E-state index contributed by atoms with van der Waals surface area (Å²) in [6.07, 6.45) is 2.04. The third-order valence-electron chi connectivity index (χ3n) is 5.19. The van der Waals surface area contributed by atoms with Crippen molar-refractivity contribution >= 4 is 17.5 Å². The van der Waals surface area contributed by atoms with E-state index in [4.69, 9.17) is 4.74 Å². The topological polar surface area (TPSA) is 58.6 Å². The van der Waals surface area contributed by atoms with E-state index in [1.54, 1.807) is 12.1 Å². The van der Waals surface area contributed by atoms with Gasteiger partial charge in [-0.25, -0.2) is 0 Å². The Labute approximate surface area is 166 Å². The van der Waals surface area contributed by atoms with Gasteiger partial charge in [0, 0.05) is 13.1 Å². The van der Waals surface area contributed by atoms with Gasteiger partial charge in [-0.15, -0.1) is 0 Å². The van der Waals surface area contributed by atoms with E-state index in [1.807, 2.05) is 49.1 Å². The van der Waals surface area contributed by atoms with Crippen LogP contribution in [0, 0.1) is 19.8 Å². The second-order valence-corrected chi connectivity index (χ2v) is 7.63. The summed E-state index contributed by atoms with van der Waals surface area (Å²) >= 11 is 0. The molecule has 2 aromatic rings. The number of hydrogen-bond donors (Lipinski definition) is 1. The highest BCUT2D eigenvalue weighted by molar-refractivity contribution is 6.04. The molecule has 0 radical (unpaired) electrons. The standard InChI is InChI=1S/C23H28N2O3/c1-16-10-12-25(13-11-16)23(27)19-6-4-5-7-20(19)24-22(26)15-28-21-9-8-17(2)14-18(21)3/h4-9,14,16H,10-13,15H2,1-3H3,(H,24,26). The number of rotatable bonds is 5. The molecule has 1 N–H and O–H groups in total. The van der Waals surface area contributed by atoms with Gasteiger partial charge in [0.15, 0.2) is 6.61 Å². The minimum Gasteiger partial charge on any atom is -0.483 e. The molecule has 0 aromatic heterocycles. The molecule has 28 heavy (non-hydrogen) atoms. The average Bonchev–Trinajstić information content (AvgIpc) is 2.68. The number of likely N-dealkylation sites (tertiary alicyclic amines) is 1. The quantitative estimate of drug-likeness (QED) is 0.846. The fourth-order valence-electron chi connectivity index (χ4n) is 3.45. The van der Waals surface area contributed by atoms with E-state index in [-0.39, 0.29) is 18.4 Å². The number of amides is 2. The third kappa shape index (κ3) is 4.91. The maximum Gasteiger partial charge on any atom is 0.262 e. The highest BCUT2D eigenvalue weighted by Crippen LogP contribution is 2.23. The van der Waals surface area contributed by atoms with Crippen LogP contribution in [0.25, 0.3) is 0 Å². The van der Waals surface area contributed by atoms with Crippen LogP contribution in [-0.4, -0.2) is 36.4 Å². The summed E-state index contributed by atoms with van der Waals surface area (Å²) < 4.78 is 5.65. The molecule has 0 unspecified atom stereocenters. The molecule has 2 aromatic carbocycles. The SMILES string of the molecule is Cc1ccc(OCC(=O)Nc2ccccc2C(=O)N2CCC(C)CC2)c(C)c1. The zero-order valence-corrected chi connectivity index (χ0v) is 16.8. The van der Waals surface area contributed by atoms with Crippen molar-refractivity contribution in [3.8, 4) is 5.75 Å². The number of nitrogens with zero attached hydrogens (tertiary/aromatic N) is 1. The molecule has 1 aliphatic rings. The first kappa shape index (κ1) is 19.9. The minimum atomic E-state index is -0.285. The van der Waals surface area contributed by atoms with Crippen molar-refractivity contribution in [3.05, 3.63) is 59.2 Å². The number of para-hydroxylation sites is 1. The summed E-state index contributed by atoms with van der Waals surface area (Å²) in [7, 11) is 0. The van der Waals surface area contributed by atoms with Gasteiger partial charge in [-0.2, -0.15) is 0 Å². The summed E-state index contributed by atoms with van der Waals surface area (Å²) in [6.45, 7) is 7.60. The van der Waals surface area contributed by atoms with E-state index >= 15 is 0 Å². The van der Waals surface area contributed by atoms with Crippen molar-refractivity contribution in [2.24, 2.45) is 5.92 Å². The second-order valence-electron chi connectivity index (χ2n) is 7.63. The lowest BCUT2D eigenvalue weighted by molar-refractivity contribution is -0.118. The smallest absolute Gasteiger partial charge is 0.262 e.